The van der Waals surface area contributed by atoms with Crippen LogP contribution in [0.4, 0.5) is 5.82 Å². The number of hydrogen-bond donors (Lipinski definition) is 2. The molecule has 3 N–H and O–H groups in total. The topological polar surface area (TPSA) is 74.7 Å². The molecule has 0 aliphatic heterocycles. The van der Waals surface area contributed by atoms with Crippen molar-refractivity contribution >= 4 is 11.7 Å². The van der Waals surface area contributed by atoms with E-state index in [4.69, 9.17) is 10.9 Å². The highest BCUT2D eigenvalue weighted by Gasteiger charge is 2.17. The van der Waals surface area contributed by atoms with Gasteiger partial charge in [-0.15, -0.1) is 0 Å². The second kappa shape index (κ2) is 5.71. The van der Waals surface area contributed by atoms with Crippen LogP contribution >= 0.6 is 0 Å². The van der Waals surface area contributed by atoms with Gasteiger partial charge in [0.25, 0.3) is 0 Å². The summed E-state index contributed by atoms with van der Waals surface area (Å²) in [6.07, 6.45) is 0. The maximum absolute atomic E-state index is 8.89. The van der Waals surface area contributed by atoms with Crippen LogP contribution in [0.2, 0.25) is 0 Å². The minimum Gasteiger partial charge on any atom is -0.409 e. The van der Waals surface area contributed by atoms with Crippen molar-refractivity contribution in [2.45, 2.75) is 27.7 Å². The fraction of sp³-hybridized carbons (Fsp3) is 0.538. The summed E-state index contributed by atoms with van der Waals surface area (Å²) in [6, 6.07) is 1.93. The maximum atomic E-state index is 8.89. The molecule has 1 aromatic rings. The molecular weight excluding hydrogens is 228 g/mol. The van der Waals surface area contributed by atoms with Gasteiger partial charge in [-0.1, -0.05) is 19.0 Å². The van der Waals surface area contributed by atoms with Gasteiger partial charge in [-0.05, 0) is 31.4 Å². The largest absolute Gasteiger partial charge is 0.409 e. The lowest BCUT2D eigenvalue weighted by molar-refractivity contribution is 0.318. The van der Waals surface area contributed by atoms with Crippen molar-refractivity contribution < 1.29 is 5.21 Å². The Morgan fingerprint density at radius 3 is 2.61 bits per heavy atom. The molecule has 0 spiro atoms. The molecule has 0 amide bonds. The molecule has 0 saturated carbocycles. The minimum atomic E-state index is 0.102. The van der Waals surface area contributed by atoms with Gasteiger partial charge in [-0.2, -0.15) is 0 Å². The highest BCUT2D eigenvalue weighted by atomic mass is 16.4. The number of anilines is 1. The van der Waals surface area contributed by atoms with E-state index in [1.807, 2.05) is 31.9 Å². The summed E-state index contributed by atoms with van der Waals surface area (Å²) in [5, 5.41) is 12.0. The maximum Gasteiger partial charge on any atom is 0.174 e. The van der Waals surface area contributed by atoms with Crippen LogP contribution in [0.1, 0.15) is 30.7 Å². The monoisotopic (exact) mass is 250 g/mol. The van der Waals surface area contributed by atoms with Crippen LogP contribution in [0, 0.1) is 19.8 Å². The van der Waals surface area contributed by atoms with Gasteiger partial charge in [0.15, 0.2) is 5.84 Å². The molecule has 0 saturated heterocycles. The van der Waals surface area contributed by atoms with Crippen LogP contribution < -0.4 is 10.6 Å². The van der Waals surface area contributed by atoms with E-state index in [9.17, 15) is 0 Å². The Bertz CT molecular complexity index is 455. The van der Waals surface area contributed by atoms with Crippen molar-refractivity contribution in [1.29, 1.82) is 0 Å². The number of amidine groups is 1. The zero-order valence-corrected chi connectivity index (χ0v) is 11.7. The van der Waals surface area contributed by atoms with Gasteiger partial charge in [0.2, 0.25) is 0 Å². The molecule has 1 heterocycles. The van der Waals surface area contributed by atoms with Gasteiger partial charge in [0.05, 0.1) is 5.56 Å². The Balaban J connectivity index is 3.31. The Morgan fingerprint density at radius 2 is 2.11 bits per heavy atom. The molecule has 0 bridgehead atoms. The van der Waals surface area contributed by atoms with E-state index in [-0.39, 0.29) is 5.84 Å². The predicted octanol–water partition coefficient (Wildman–Crippen LogP) is 1.89. The fourth-order valence-corrected chi connectivity index (χ4v) is 2.09. The number of pyridine rings is 1. The zero-order valence-electron chi connectivity index (χ0n) is 11.7. The van der Waals surface area contributed by atoms with E-state index < -0.39 is 0 Å². The predicted molar refractivity (Wildman–Crippen MR) is 74.3 cm³/mol. The molecule has 5 heteroatoms. The molecule has 100 valence electrons. The number of oxime groups is 1. The first kappa shape index (κ1) is 14.3. The van der Waals surface area contributed by atoms with Gasteiger partial charge in [-0.25, -0.2) is 4.98 Å². The number of aromatic nitrogens is 1. The Labute approximate surface area is 108 Å². The fourth-order valence-electron chi connectivity index (χ4n) is 2.09. The summed E-state index contributed by atoms with van der Waals surface area (Å²) >= 11 is 0. The van der Waals surface area contributed by atoms with E-state index in [0.717, 1.165) is 23.6 Å². The zero-order chi connectivity index (χ0) is 13.9. The van der Waals surface area contributed by atoms with Gasteiger partial charge >= 0.3 is 0 Å². The van der Waals surface area contributed by atoms with Crippen molar-refractivity contribution in [3.05, 3.63) is 22.9 Å². The van der Waals surface area contributed by atoms with Crippen molar-refractivity contribution in [2.75, 3.05) is 18.5 Å². The van der Waals surface area contributed by atoms with E-state index in [1.54, 1.807) is 0 Å². The number of nitrogens with two attached hydrogens (primary N) is 1. The van der Waals surface area contributed by atoms with Gasteiger partial charge in [-0.3, -0.25) is 0 Å². The summed E-state index contributed by atoms with van der Waals surface area (Å²) in [6.45, 7) is 9.02. The van der Waals surface area contributed by atoms with Crippen LogP contribution in [0.3, 0.4) is 0 Å². The number of nitrogens with zero attached hydrogens (tertiary/aromatic N) is 3. The van der Waals surface area contributed by atoms with Crippen LogP contribution in [0.5, 0.6) is 0 Å². The summed E-state index contributed by atoms with van der Waals surface area (Å²) in [4.78, 5) is 6.55. The highest BCUT2D eigenvalue weighted by molar-refractivity contribution is 6.02. The van der Waals surface area contributed by atoms with Gasteiger partial charge in [0, 0.05) is 19.3 Å². The normalized spacial score (nSPS) is 12.0. The van der Waals surface area contributed by atoms with Crippen LogP contribution in [-0.4, -0.2) is 29.6 Å². The molecule has 0 unspecified atom stereocenters. The Kier molecular flexibility index (Phi) is 4.53. The number of aryl methyl sites for hydroxylation is 2. The molecule has 0 aliphatic carbocycles. The minimum absolute atomic E-state index is 0.102. The summed E-state index contributed by atoms with van der Waals surface area (Å²) in [5.41, 5.74) is 8.33. The third-order valence-electron chi connectivity index (χ3n) is 2.69. The smallest absolute Gasteiger partial charge is 0.174 e. The molecule has 0 aromatic carbocycles. The highest BCUT2D eigenvalue weighted by Crippen LogP contribution is 2.22. The van der Waals surface area contributed by atoms with Crippen LogP contribution in [0.25, 0.3) is 0 Å². The Hall–Kier alpha value is -1.78. The van der Waals surface area contributed by atoms with E-state index >= 15 is 0 Å². The molecule has 1 rings (SSSR count). The lowest BCUT2D eigenvalue weighted by Gasteiger charge is -2.24. The first-order valence-electron chi connectivity index (χ1n) is 6.04. The molecule has 0 atom stereocenters. The summed E-state index contributed by atoms with van der Waals surface area (Å²) in [5.74, 6) is 1.37. The molecule has 1 aromatic heterocycles. The average molecular weight is 250 g/mol. The lowest BCUT2D eigenvalue weighted by atomic mass is 10.1. The molecule has 0 fully saturated rings. The summed E-state index contributed by atoms with van der Waals surface area (Å²) in [7, 11) is 1.97. The van der Waals surface area contributed by atoms with Crippen LogP contribution in [0.15, 0.2) is 11.2 Å². The molecule has 5 nitrogen and oxygen atoms in total. The van der Waals surface area contributed by atoms with Crippen molar-refractivity contribution in [3.63, 3.8) is 0 Å². The molecular formula is C13H22N4O. The lowest BCUT2D eigenvalue weighted by Crippen LogP contribution is -2.28. The third kappa shape index (κ3) is 3.12. The van der Waals surface area contributed by atoms with E-state index in [0.29, 0.717) is 11.5 Å². The first-order chi connectivity index (χ1) is 8.36. The second-order valence-electron chi connectivity index (χ2n) is 5.04. The quantitative estimate of drug-likeness (QED) is 0.370. The van der Waals surface area contributed by atoms with Gasteiger partial charge in [0.1, 0.15) is 5.82 Å². The van der Waals surface area contributed by atoms with Crippen molar-refractivity contribution in [1.82, 2.24) is 4.98 Å². The molecule has 18 heavy (non-hydrogen) atoms. The van der Waals surface area contributed by atoms with Crippen molar-refractivity contribution in [3.8, 4) is 0 Å². The van der Waals surface area contributed by atoms with Crippen LogP contribution in [-0.2, 0) is 0 Å². The summed E-state index contributed by atoms with van der Waals surface area (Å²) < 4.78 is 0. The average Bonchev–Trinajstić information content (AvgIpc) is 2.26. The van der Waals surface area contributed by atoms with Gasteiger partial charge < -0.3 is 15.8 Å². The molecule has 0 radical (unpaired) electrons. The first-order valence-corrected chi connectivity index (χ1v) is 6.04. The number of hydrogen-bond acceptors (Lipinski definition) is 4. The van der Waals surface area contributed by atoms with Crippen molar-refractivity contribution in [2.24, 2.45) is 16.8 Å². The number of rotatable bonds is 4. The SMILES string of the molecule is Cc1cc(C)c(C(N)=NO)c(N(C)CC(C)C)n1. The third-order valence-corrected chi connectivity index (χ3v) is 2.69. The second-order valence-corrected chi connectivity index (χ2v) is 5.04. The van der Waals surface area contributed by atoms with E-state index in [1.165, 1.54) is 0 Å². The molecule has 0 aliphatic rings. The van der Waals surface area contributed by atoms with E-state index in [2.05, 4.69) is 24.0 Å². The Morgan fingerprint density at radius 1 is 1.50 bits per heavy atom. The standard InChI is InChI=1S/C13H22N4O/c1-8(2)7-17(5)13-11(12(14)16-18)9(3)6-10(4)15-13/h6,8,18H,7H2,1-5H3,(H2,14,16).